The maximum absolute atomic E-state index is 12.6. The molecule has 1 aromatic heterocycles. The van der Waals surface area contributed by atoms with Gasteiger partial charge in [-0.15, -0.1) is 0 Å². The first-order valence-electron chi connectivity index (χ1n) is 8.22. The van der Waals surface area contributed by atoms with Crippen molar-refractivity contribution in [3.63, 3.8) is 0 Å². The number of carbonyl (C=O) groups excluding carboxylic acids is 2. The number of aromatic nitrogens is 2. The zero-order chi connectivity index (χ0) is 15.5. The summed E-state index contributed by atoms with van der Waals surface area (Å²) in [6.45, 7) is 4.70. The normalized spacial score (nSPS) is 21.1. The molecule has 2 aliphatic rings. The van der Waals surface area contributed by atoms with Crippen LogP contribution in [0.5, 0.6) is 0 Å². The van der Waals surface area contributed by atoms with Crippen LogP contribution in [0.25, 0.3) is 0 Å². The van der Waals surface area contributed by atoms with Crippen molar-refractivity contribution in [2.75, 3.05) is 26.2 Å². The average molecular weight is 304 g/mol. The van der Waals surface area contributed by atoms with Crippen LogP contribution in [0.4, 0.5) is 0 Å². The van der Waals surface area contributed by atoms with E-state index in [0.717, 1.165) is 32.4 Å². The summed E-state index contributed by atoms with van der Waals surface area (Å²) in [5.41, 5.74) is 0. The lowest BCUT2D eigenvalue weighted by molar-refractivity contribution is -0.139. The first-order chi connectivity index (χ1) is 10.7. The predicted molar refractivity (Wildman–Crippen MR) is 82.1 cm³/mol. The van der Waals surface area contributed by atoms with E-state index in [1.165, 1.54) is 6.42 Å². The third-order valence-corrected chi connectivity index (χ3v) is 4.90. The highest BCUT2D eigenvalue weighted by atomic mass is 16.2. The minimum Gasteiger partial charge on any atom is -0.341 e. The number of hydrogen-bond donors (Lipinski definition) is 0. The fraction of sp³-hybridized carbons (Fsp3) is 0.688. The SMILES string of the molecule is C[C@H](C(=O)N1CCCN(C(=O)C2CCC2)CC1)n1ccnc1. The van der Waals surface area contributed by atoms with Crippen LogP contribution in [0.2, 0.25) is 0 Å². The number of amides is 2. The van der Waals surface area contributed by atoms with Crippen LogP contribution < -0.4 is 0 Å². The molecule has 1 saturated heterocycles. The van der Waals surface area contributed by atoms with Gasteiger partial charge in [0, 0.05) is 44.5 Å². The second kappa shape index (κ2) is 6.50. The summed E-state index contributed by atoms with van der Waals surface area (Å²) in [7, 11) is 0. The Morgan fingerprint density at radius 2 is 1.82 bits per heavy atom. The minimum atomic E-state index is -0.239. The molecule has 1 saturated carbocycles. The van der Waals surface area contributed by atoms with Gasteiger partial charge in [-0.25, -0.2) is 4.98 Å². The number of rotatable bonds is 3. The largest absolute Gasteiger partial charge is 0.341 e. The summed E-state index contributed by atoms with van der Waals surface area (Å²) in [6.07, 6.45) is 9.29. The Morgan fingerprint density at radius 3 is 2.45 bits per heavy atom. The highest BCUT2D eigenvalue weighted by molar-refractivity contribution is 5.81. The van der Waals surface area contributed by atoms with Gasteiger partial charge in [0.05, 0.1) is 6.33 Å². The van der Waals surface area contributed by atoms with E-state index in [9.17, 15) is 9.59 Å². The van der Waals surface area contributed by atoms with E-state index >= 15 is 0 Å². The van der Waals surface area contributed by atoms with Crippen molar-refractivity contribution in [1.29, 1.82) is 0 Å². The van der Waals surface area contributed by atoms with Crippen molar-refractivity contribution in [3.8, 4) is 0 Å². The van der Waals surface area contributed by atoms with E-state index in [2.05, 4.69) is 4.98 Å². The third kappa shape index (κ3) is 3.00. The topological polar surface area (TPSA) is 58.4 Å². The van der Waals surface area contributed by atoms with Gasteiger partial charge in [-0.05, 0) is 26.2 Å². The van der Waals surface area contributed by atoms with E-state index in [4.69, 9.17) is 0 Å². The van der Waals surface area contributed by atoms with Gasteiger partial charge in [0.2, 0.25) is 11.8 Å². The molecule has 2 heterocycles. The minimum absolute atomic E-state index is 0.107. The molecule has 1 aliphatic heterocycles. The highest BCUT2D eigenvalue weighted by Crippen LogP contribution is 2.28. The Bertz CT molecular complexity index is 524. The van der Waals surface area contributed by atoms with E-state index in [0.29, 0.717) is 19.0 Å². The lowest BCUT2D eigenvalue weighted by atomic mass is 9.84. The predicted octanol–water partition coefficient (Wildman–Crippen LogP) is 1.31. The fourth-order valence-electron chi connectivity index (χ4n) is 3.16. The van der Waals surface area contributed by atoms with Gasteiger partial charge in [-0.2, -0.15) is 0 Å². The summed E-state index contributed by atoms with van der Waals surface area (Å²) >= 11 is 0. The van der Waals surface area contributed by atoms with Crippen molar-refractivity contribution in [2.45, 2.75) is 38.6 Å². The molecule has 6 nitrogen and oxygen atoms in total. The molecule has 6 heteroatoms. The first kappa shape index (κ1) is 15.1. The monoisotopic (exact) mass is 304 g/mol. The Kier molecular flexibility index (Phi) is 4.45. The van der Waals surface area contributed by atoms with Crippen molar-refractivity contribution < 1.29 is 9.59 Å². The zero-order valence-corrected chi connectivity index (χ0v) is 13.1. The number of nitrogens with zero attached hydrogens (tertiary/aromatic N) is 4. The summed E-state index contributed by atoms with van der Waals surface area (Å²) in [5, 5.41) is 0. The Balaban J connectivity index is 1.57. The molecule has 0 unspecified atom stereocenters. The van der Waals surface area contributed by atoms with Crippen LogP contribution in [0.3, 0.4) is 0 Å². The van der Waals surface area contributed by atoms with E-state index in [1.807, 2.05) is 27.5 Å². The Hall–Kier alpha value is -1.85. The lowest BCUT2D eigenvalue weighted by Gasteiger charge is -2.31. The van der Waals surface area contributed by atoms with E-state index < -0.39 is 0 Å². The Morgan fingerprint density at radius 1 is 1.09 bits per heavy atom. The lowest BCUT2D eigenvalue weighted by Crippen LogP contribution is -2.42. The molecule has 120 valence electrons. The summed E-state index contributed by atoms with van der Waals surface area (Å²) in [4.78, 5) is 32.8. The molecule has 3 rings (SSSR count). The summed E-state index contributed by atoms with van der Waals surface area (Å²) in [6, 6.07) is -0.239. The average Bonchev–Trinajstić information content (AvgIpc) is 2.88. The summed E-state index contributed by atoms with van der Waals surface area (Å²) < 4.78 is 1.82. The second-order valence-electron chi connectivity index (χ2n) is 6.32. The molecule has 2 amide bonds. The van der Waals surface area contributed by atoms with E-state index in [-0.39, 0.29) is 17.9 Å². The quantitative estimate of drug-likeness (QED) is 0.846. The fourth-order valence-corrected chi connectivity index (χ4v) is 3.16. The van der Waals surface area contributed by atoms with Crippen LogP contribution in [0.1, 0.15) is 38.6 Å². The molecule has 1 aromatic rings. The molecular formula is C16H24N4O2. The van der Waals surface area contributed by atoms with Crippen molar-refractivity contribution in [3.05, 3.63) is 18.7 Å². The molecule has 0 spiro atoms. The van der Waals surface area contributed by atoms with Gasteiger partial charge >= 0.3 is 0 Å². The molecule has 0 bridgehead atoms. The highest BCUT2D eigenvalue weighted by Gasteiger charge is 2.31. The van der Waals surface area contributed by atoms with Gasteiger partial charge in [0.15, 0.2) is 0 Å². The van der Waals surface area contributed by atoms with Gasteiger partial charge in [-0.3, -0.25) is 9.59 Å². The zero-order valence-electron chi connectivity index (χ0n) is 13.1. The molecule has 1 atom stereocenters. The van der Waals surface area contributed by atoms with Crippen LogP contribution in [0, 0.1) is 5.92 Å². The van der Waals surface area contributed by atoms with Crippen LogP contribution in [0.15, 0.2) is 18.7 Å². The molecule has 0 radical (unpaired) electrons. The molecular weight excluding hydrogens is 280 g/mol. The second-order valence-corrected chi connectivity index (χ2v) is 6.32. The third-order valence-electron chi connectivity index (χ3n) is 4.90. The van der Waals surface area contributed by atoms with Crippen LogP contribution >= 0.6 is 0 Å². The maximum Gasteiger partial charge on any atom is 0.245 e. The first-order valence-corrected chi connectivity index (χ1v) is 8.22. The molecule has 1 aliphatic carbocycles. The molecule has 22 heavy (non-hydrogen) atoms. The van der Waals surface area contributed by atoms with Gasteiger partial charge < -0.3 is 14.4 Å². The molecule has 2 fully saturated rings. The van der Waals surface area contributed by atoms with Crippen LogP contribution in [-0.2, 0) is 9.59 Å². The van der Waals surface area contributed by atoms with Gasteiger partial charge in [-0.1, -0.05) is 6.42 Å². The van der Waals surface area contributed by atoms with Gasteiger partial charge in [0.25, 0.3) is 0 Å². The van der Waals surface area contributed by atoms with Crippen molar-refractivity contribution in [2.24, 2.45) is 5.92 Å². The standard InChI is InChI=1S/C16H24N4O2/c1-13(20-9-6-17-12-20)15(21)18-7-3-8-19(11-10-18)16(22)14-4-2-5-14/h6,9,12-14H,2-5,7-8,10-11H2,1H3/t13-/m1/s1. The number of carbonyl (C=O) groups is 2. The molecule has 0 N–H and O–H groups in total. The van der Waals surface area contributed by atoms with E-state index in [1.54, 1.807) is 12.5 Å². The number of hydrogen-bond acceptors (Lipinski definition) is 3. The Labute approximate surface area is 131 Å². The smallest absolute Gasteiger partial charge is 0.245 e. The molecule has 0 aromatic carbocycles. The number of imidazole rings is 1. The van der Waals surface area contributed by atoms with Crippen molar-refractivity contribution in [1.82, 2.24) is 19.4 Å². The van der Waals surface area contributed by atoms with Crippen LogP contribution in [-0.4, -0.2) is 57.3 Å². The maximum atomic E-state index is 12.6. The van der Waals surface area contributed by atoms with Gasteiger partial charge in [0.1, 0.15) is 6.04 Å². The summed E-state index contributed by atoms with van der Waals surface area (Å²) in [5.74, 6) is 0.645. The van der Waals surface area contributed by atoms with Crippen molar-refractivity contribution >= 4 is 11.8 Å².